The second kappa shape index (κ2) is 13.6. The molecule has 0 spiro atoms. The largest absolute Gasteiger partial charge is 0.507 e. The lowest BCUT2D eigenvalue weighted by atomic mass is 9.93. The Morgan fingerprint density at radius 1 is 0.891 bits per heavy atom. The Kier molecular flexibility index (Phi) is 9.18. The Bertz CT molecular complexity index is 1920. The highest BCUT2D eigenvalue weighted by atomic mass is 32.2. The first-order chi connectivity index (χ1) is 22.3. The molecule has 1 aliphatic heterocycles. The summed E-state index contributed by atoms with van der Waals surface area (Å²) in [6, 6.07) is 29.6. The van der Waals surface area contributed by atoms with E-state index in [9.17, 15) is 14.7 Å². The maximum absolute atomic E-state index is 13.8. The summed E-state index contributed by atoms with van der Waals surface area (Å²) in [4.78, 5) is 28.9. The predicted octanol–water partition coefficient (Wildman–Crippen LogP) is 7.66. The topological polar surface area (TPSA) is 102 Å². The van der Waals surface area contributed by atoms with E-state index in [1.807, 2.05) is 86.6 Å². The van der Waals surface area contributed by atoms with Gasteiger partial charge in [0.1, 0.15) is 12.4 Å². The Labute approximate surface area is 275 Å². The maximum Gasteiger partial charge on any atom is 0.301 e. The smallest absolute Gasteiger partial charge is 0.301 e. The first kappa shape index (κ1) is 31.1. The average molecular weight is 650 g/mol. The van der Waals surface area contributed by atoms with E-state index in [4.69, 9.17) is 9.47 Å². The van der Waals surface area contributed by atoms with Crippen LogP contribution < -0.4 is 14.4 Å². The zero-order chi connectivity index (χ0) is 32.2. The van der Waals surface area contributed by atoms with Crippen molar-refractivity contribution in [3.8, 4) is 11.5 Å². The summed E-state index contributed by atoms with van der Waals surface area (Å²) in [6.07, 6.45) is 0. The monoisotopic (exact) mass is 649 g/mol. The molecule has 1 aliphatic rings. The number of aryl methyl sites for hydroxylation is 2. The maximum atomic E-state index is 13.8. The fourth-order valence-electron chi connectivity index (χ4n) is 5.27. The van der Waals surface area contributed by atoms with Gasteiger partial charge in [-0.15, -0.1) is 10.2 Å². The van der Waals surface area contributed by atoms with Gasteiger partial charge in [0.15, 0.2) is 15.8 Å². The SMILES string of the molecule is COc1cc(C2C(=C(O)c3cc(C)ccc3C)C(=O)C(=O)N2c2nnc(SCc3ccccc3)s2)ccc1OCc1ccccc1. The van der Waals surface area contributed by atoms with Crippen molar-refractivity contribution in [2.75, 3.05) is 12.0 Å². The van der Waals surface area contributed by atoms with E-state index in [-0.39, 0.29) is 16.5 Å². The molecule has 0 saturated carbocycles. The van der Waals surface area contributed by atoms with E-state index in [2.05, 4.69) is 10.2 Å². The minimum atomic E-state index is -0.989. The summed E-state index contributed by atoms with van der Waals surface area (Å²) >= 11 is 2.72. The van der Waals surface area contributed by atoms with Crippen LogP contribution in [0.2, 0.25) is 0 Å². The summed E-state index contributed by atoms with van der Waals surface area (Å²) in [5.74, 6) is -0.263. The number of carbonyl (C=O) groups is 2. The van der Waals surface area contributed by atoms with Crippen molar-refractivity contribution in [1.29, 1.82) is 0 Å². The van der Waals surface area contributed by atoms with Crippen molar-refractivity contribution in [3.63, 3.8) is 0 Å². The number of hydrogen-bond donors (Lipinski definition) is 1. The molecule has 5 aromatic rings. The van der Waals surface area contributed by atoms with Crippen molar-refractivity contribution in [3.05, 3.63) is 136 Å². The standard InChI is InChI=1S/C36H31N3O5S2/c1-22-14-15-23(2)27(18-22)32(40)30-31(26-16-17-28(29(19-26)43-3)44-20-24-10-6-4-7-11-24)39(34(42)33(30)41)35-37-38-36(46-35)45-21-25-12-8-5-9-13-25/h4-19,31,40H,20-21H2,1-3H3. The van der Waals surface area contributed by atoms with Gasteiger partial charge in [-0.1, -0.05) is 108 Å². The van der Waals surface area contributed by atoms with Gasteiger partial charge in [0.05, 0.1) is 18.7 Å². The molecular formula is C36H31N3O5S2. The van der Waals surface area contributed by atoms with Crippen LogP contribution in [0.15, 0.2) is 107 Å². The molecule has 1 atom stereocenters. The van der Waals surface area contributed by atoms with Crippen LogP contribution in [0, 0.1) is 13.8 Å². The number of rotatable bonds is 10. The number of nitrogens with zero attached hydrogens (tertiary/aromatic N) is 3. The number of benzene rings is 4. The summed E-state index contributed by atoms with van der Waals surface area (Å²) in [5.41, 5.74) is 4.78. The summed E-state index contributed by atoms with van der Waals surface area (Å²) in [5, 5.41) is 20.6. The van der Waals surface area contributed by atoms with Crippen molar-refractivity contribution in [2.24, 2.45) is 0 Å². The van der Waals surface area contributed by atoms with Crippen LogP contribution in [0.5, 0.6) is 11.5 Å². The number of Topliss-reactive ketones (excluding diaryl/α,β-unsaturated/α-hetero) is 1. The van der Waals surface area contributed by atoms with Crippen molar-refractivity contribution in [2.45, 2.75) is 36.6 Å². The molecule has 1 fully saturated rings. The van der Waals surface area contributed by atoms with Gasteiger partial charge in [0, 0.05) is 11.3 Å². The Hall–Kier alpha value is -4.93. The lowest BCUT2D eigenvalue weighted by Crippen LogP contribution is -2.29. The first-order valence-corrected chi connectivity index (χ1v) is 16.4. The van der Waals surface area contributed by atoms with E-state index in [1.54, 1.807) is 24.3 Å². The van der Waals surface area contributed by atoms with Crippen LogP contribution in [0.3, 0.4) is 0 Å². The Balaban J connectivity index is 1.41. The van der Waals surface area contributed by atoms with Crippen LogP contribution in [0.4, 0.5) is 5.13 Å². The number of amides is 1. The van der Waals surface area contributed by atoms with Crippen molar-refractivity contribution in [1.82, 2.24) is 10.2 Å². The van der Waals surface area contributed by atoms with Crippen LogP contribution in [0.1, 0.15) is 39.4 Å². The van der Waals surface area contributed by atoms with Gasteiger partial charge in [-0.25, -0.2) is 0 Å². The average Bonchev–Trinajstić information content (AvgIpc) is 3.66. The minimum absolute atomic E-state index is 0.0348. The third-order valence-corrected chi connectivity index (χ3v) is 9.77. The summed E-state index contributed by atoms with van der Waals surface area (Å²) in [7, 11) is 1.53. The number of carbonyl (C=O) groups excluding carboxylic acids is 2. The molecule has 46 heavy (non-hydrogen) atoms. The van der Waals surface area contributed by atoms with E-state index in [0.29, 0.717) is 39.3 Å². The molecule has 1 unspecified atom stereocenters. The van der Waals surface area contributed by atoms with Crippen molar-refractivity contribution < 1.29 is 24.2 Å². The van der Waals surface area contributed by atoms with E-state index in [1.165, 1.54) is 35.1 Å². The number of anilines is 1. The summed E-state index contributed by atoms with van der Waals surface area (Å²) < 4.78 is 12.4. The molecule has 0 radical (unpaired) electrons. The van der Waals surface area contributed by atoms with E-state index in [0.717, 1.165) is 22.3 Å². The normalized spacial score (nSPS) is 15.7. The van der Waals surface area contributed by atoms with E-state index >= 15 is 0 Å². The number of aromatic nitrogens is 2. The van der Waals surface area contributed by atoms with Crippen LogP contribution in [0.25, 0.3) is 5.76 Å². The van der Waals surface area contributed by atoms with Crippen LogP contribution >= 0.6 is 23.1 Å². The molecular weight excluding hydrogens is 619 g/mol. The predicted molar refractivity (Wildman–Crippen MR) is 180 cm³/mol. The fourth-order valence-corrected chi connectivity index (χ4v) is 7.09. The second-order valence-electron chi connectivity index (χ2n) is 10.8. The zero-order valence-corrected chi connectivity index (χ0v) is 27.1. The molecule has 232 valence electrons. The molecule has 1 saturated heterocycles. The molecule has 1 amide bonds. The van der Waals surface area contributed by atoms with Crippen LogP contribution in [-0.4, -0.2) is 34.1 Å². The fraction of sp³-hybridized carbons (Fsp3) is 0.167. The second-order valence-corrected chi connectivity index (χ2v) is 13.0. The van der Waals surface area contributed by atoms with E-state index < -0.39 is 17.7 Å². The Morgan fingerprint density at radius 2 is 1.61 bits per heavy atom. The minimum Gasteiger partial charge on any atom is -0.507 e. The lowest BCUT2D eigenvalue weighted by molar-refractivity contribution is -0.132. The molecule has 4 aromatic carbocycles. The molecule has 1 aromatic heterocycles. The van der Waals surface area contributed by atoms with Gasteiger partial charge >= 0.3 is 5.91 Å². The summed E-state index contributed by atoms with van der Waals surface area (Å²) in [6.45, 7) is 4.08. The molecule has 1 N–H and O–H groups in total. The Morgan fingerprint density at radius 3 is 2.33 bits per heavy atom. The number of ketones is 1. The highest BCUT2D eigenvalue weighted by Crippen LogP contribution is 2.46. The third-order valence-electron chi connectivity index (χ3n) is 7.64. The van der Waals surface area contributed by atoms with Gasteiger partial charge in [-0.05, 0) is 54.3 Å². The number of aliphatic hydroxyl groups excluding tert-OH is 1. The number of ether oxygens (including phenoxy) is 2. The number of hydrogen-bond acceptors (Lipinski definition) is 9. The third kappa shape index (κ3) is 6.40. The molecule has 6 rings (SSSR count). The highest BCUT2D eigenvalue weighted by molar-refractivity contribution is 8.00. The molecule has 0 aliphatic carbocycles. The van der Waals surface area contributed by atoms with Gasteiger partial charge in [0.2, 0.25) is 5.13 Å². The van der Waals surface area contributed by atoms with Crippen LogP contribution in [-0.2, 0) is 21.9 Å². The quantitative estimate of drug-likeness (QED) is 0.0541. The number of methoxy groups -OCH3 is 1. The number of aliphatic hydroxyl groups is 1. The first-order valence-electron chi connectivity index (χ1n) is 14.6. The molecule has 2 heterocycles. The zero-order valence-electron chi connectivity index (χ0n) is 25.5. The molecule has 0 bridgehead atoms. The number of thioether (sulfide) groups is 1. The van der Waals surface area contributed by atoms with Gasteiger partial charge in [0.25, 0.3) is 5.78 Å². The van der Waals surface area contributed by atoms with Gasteiger partial charge in [-0.3, -0.25) is 14.5 Å². The lowest BCUT2D eigenvalue weighted by Gasteiger charge is -2.23. The van der Waals surface area contributed by atoms with Gasteiger partial charge in [-0.2, -0.15) is 0 Å². The highest BCUT2D eigenvalue weighted by Gasteiger charge is 2.48. The van der Waals surface area contributed by atoms with Crippen molar-refractivity contribution >= 4 is 45.7 Å². The van der Waals surface area contributed by atoms with Gasteiger partial charge < -0.3 is 14.6 Å². The molecule has 10 heteroatoms. The molecule has 8 nitrogen and oxygen atoms in total.